The van der Waals surface area contributed by atoms with Gasteiger partial charge in [-0.15, -0.1) is 13.2 Å². The number of halogens is 4. The van der Waals surface area contributed by atoms with Crippen LogP contribution < -0.4 is 4.74 Å². The van der Waals surface area contributed by atoms with Gasteiger partial charge in [-0.3, -0.25) is 0 Å². The summed E-state index contributed by atoms with van der Waals surface area (Å²) in [6, 6.07) is 2.59. The lowest BCUT2D eigenvalue weighted by Gasteiger charge is -2.09. The van der Waals surface area contributed by atoms with Gasteiger partial charge in [0.25, 0.3) is 0 Å². The number of pyridine rings is 1. The number of aromatic nitrogens is 1. The van der Waals surface area contributed by atoms with Crippen LogP contribution in [-0.2, 0) is 0 Å². The third-order valence-electron chi connectivity index (χ3n) is 1.20. The van der Waals surface area contributed by atoms with Crippen molar-refractivity contribution in [1.82, 2.24) is 4.98 Å². The van der Waals surface area contributed by atoms with E-state index in [2.05, 4.69) is 9.72 Å². The molecule has 74 valence electrons. The van der Waals surface area contributed by atoms with E-state index in [0.717, 1.165) is 12.3 Å². The molecule has 14 heavy (non-hydrogen) atoms. The second-order valence-electron chi connectivity index (χ2n) is 2.13. The summed E-state index contributed by atoms with van der Waals surface area (Å²) in [6.07, 6.45) is -3.65. The summed E-state index contributed by atoms with van der Waals surface area (Å²) in [5.41, 5.74) is -0.217. The van der Waals surface area contributed by atoms with Crippen LogP contribution >= 0.6 is 22.6 Å². The van der Waals surface area contributed by atoms with Gasteiger partial charge in [-0.05, 0) is 22.6 Å². The summed E-state index contributed by atoms with van der Waals surface area (Å²) in [4.78, 5) is 3.66. The van der Waals surface area contributed by atoms with Crippen LogP contribution in [0.4, 0.5) is 13.2 Å². The van der Waals surface area contributed by atoms with Crippen molar-refractivity contribution in [2.45, 2.75) is 6.36 Å². The molecule has 0 radical (unpaired) electrons. The van der Waals surface area contributed by atoms with E-state index in [4.69, 9.17) is 5.26 Å². The van der Waals surface area contributed by atoms with Gasteiger partial charge in [-0.2, -0.15) is 5.26 Å². The average Bonchev–Trinajstić information content (AvgIpc) is 2.01. The predicted molar refractivity (Wildman–Crippen MR) is 48.4 cm³/mol. The Morgan fingerprint density at radius 2 is 2.14 bits per heavy atom. The zero-order chi connectivity index (χ0) is 10.8. The SMILES string of the molecule is N#Cc1c(OC(F)(F)F)ccnc1I. The van der Waals surface area contributed by atoms with Crippen molar-refractivity contribution in [2.24, 2.45) is 0 Å². The molecule has 0 amide bonds. The molecule has 1 heterocycles. The summed E-state index contributed by atoms with van der Waals surface area (Å²) in [5, 5.41) is 8.55. The maximum atomic E-state index is 11.8. The summed E-state index contributed by atoms with van der Waals surface area (Å²) in [5.74, 6) is -0.528. The molecule has 7 heteroatoms. The first-order valence-corrected chi connectivity index (χ1v) is 4.32. The number of nitrogens with zero attached hydrogens (tertiary/aromatic N) is 2. The highest BCUT2D eigenvalue weighted by Gasteiger charge is 2.32. The lowest BCUT2D eigenvalue weighted by atomic mass is 10.3. The van der Waals surface area contributed by atoms with Crippen LogP contribution in [-0.4, -0.2) is 11.3 Å². The topological polar surface area (TPSA) is 45.9 Å². The van der Waals surface area contributed by atoms with E-state index in [1.807, 2.05) is 0 Å². The third-order valence-corrected chi connectivity index (χ3v) is 2.02. The van der Waals surface area contributed by atoms with Gasteiger partial charge in [0.05, 0.1) is 0 Å². The fourth-order valence-electron chi connectivity index (χ4n) is 0.731. The molecular formula is C7H2F3IN2O. The van der Waals surface area contributed by atoms with Gasteiger partial charge in [0.2, 0.25) is 0 Å². The number of rotatable bonds is 1. The highest BCUT2D eigenvalue weighted by atomic mass is 127. The molecule has 0 atom stereocenters. The van der Waals surface area contributed by atoms with E-state index < -0.39 is 12.1 Å². The van der Waals surface area contributed by atoms with Crippen LogP contribution in [0.15, 0.2) is 12.3 Å². The quantitative estimate of drug-likeness (QED) is 0.591. The fourth-order valence-corrected chi connectivity index (χ4v) is 1.28. The van der Waals surface area contributed by atoms with E-state index in [0.29, 0.717) is 0 Å². The first-order valence-electron chi connectivity index (χ1n) is 3.24. The van der Waals surface area contributed by atoms with Gasteiger partial charge in [-0.25, -0.2) is 4.98 Å². The average molecular weight is 314 g/mol. The van der Waals surface area contributed by atoms with E-state index in [1.165, 1.54) is 0 Å². The number of alkyl halides is 3. The molecule has 1 aromatic rings. The van der Waals surface area contributed by atoms with Crippen molar-refractivity contribution in [3.63, 3.8) is 0 Å². The predicted octanol–water partition coefficient (Wildman–Crippen LogP) is 2.46. The Morgan fingerprint density at radius 3 is 2.64 bits per heavy atom. The molecule has 0 unspecified atom stereocenters. The zero-order valence-corrected chi connectivity index (χ0v) is 8.63. The second-order valence-corrected chi connectivity index (χ2v) is 3.16. The fraction of sp³-hybridized carbons (Fsp3) is 0.143. The number of hydrogen-bond acceptors (Lipinski definition) is 3. The normalized spacial score (nSPS) is 10.8. The van der Waals surface area contributed by atoms with Crippen LogP contribution in [0.2, 0.25) is 0 Å². The van der Waals surface area contributed by atoms with Gasteiger partial charge in [0, 0.05) is 12.3 Å². The molecule has 0 fully saturated rings. The van der Waals surface area contributed by atoms with Gasteiger partial charge in [-0.1, -0.05) is 0 Å². The maximum Gasteiger partial charge on any atom is 0.573 e. The van der Waals surface area contributed by atoms with Crippen molar-refractivity contribution >= 4 is 22.6 Å². The molecule has 1 aromatic heterocycles. The molecule has 0 bridgehead atoms. The lowest BCUT2D eigenvalue weighted by Crippen LogP contribution is -2.18. The Labute approximate surface area is 90.6 Å². The first-order chi connectivity index (χ1) is 6.44. The highest BCUT2D eigenvalue weighted by Crippen LogP contribution is 2.27. The molecule has 0 N–H and O–H groups in total. The number of ether oxygens (including phenoxy) is 1. The van der Waals surface area contributed by atoms with Crippen LogP contribution in [0.25, 0.3) is 0 Å². The van der Waals surface area contributed by atoms with Crippen LogP contribution in [0, 0.1) is 15.0 Å². The summed E-state index contributed by atoms with van der Waals surface area (Å²) in [6.45, 7) is 0. The van der Waals surface area contributed by atoms with Gasteiger partial charge in [0.15, 0.2) is 5.75 Å². The molecule has 0 spiro atoms. The van der Waals surface area contributed by atoms with Gasteiger partial charge in [0.1, 0.15) is 15.3 Å². The molecule has 0 saturated heterocycles. The smallest absolute Gasteiger partial charge is 0.404 e. The molecular weight excluding hydrogens is 312 g/mol. The summed E-state index contributed by atoms with van der Waals surface area (Å²) >= 11 is 1.66. The van der Waals surface area contributed by atoms with E-state index in [1.54, 1.807) is 28.7 Å². The molecule has 0 aliphatic carbocycles. The Hall–Kier alpha value is -1.04. The van der Waals surface area contributed by atoms with E-state index in [-0.39, 0.29) is 9.26 Å². The largest absolute Gasteiger partial charge is 0.573 e. The van der Waals surface area contributed by atoms with Crippen LogP contribution in [0.3, 0.4) is 0 Å². The van der Waals surface area contributed by atoms with Crippen molar-refractivity contribution in [2.75, 3.05) is 0 Å². The third kappa shape index (κ3) is 2.73. The van der Waals surface area contributed by atoms with Crippen molar-refractivity contribution < 1.29 is 17.9 Å². The standard InChI is InChI=1S/C7H2F3IN2O/c8-7(9,10)14-5-1-2-13-6(11)4(5)3-12/h1-2H. The Balaban J connectivity index is 3.10. The lowest BCUT2D eigenvalue weighted by molar-refractivity contribution is -0.274. The minimum atomic E-state index is -4.80. The Bertz CT molecular complexity index is 386. The Kier molecular flexibility index (Phi) is 3.15. The minimum Gasteiger partial charge on any atom is -0.404 e. The van der Waals surface area contributed by atoms with E-state index in [9.17, 15) is 13.2 Å². The van der Waals surface area contributed by atoms with E-state index >= 15 is 0 Å². The summed E-state index contributed by atoms with van der Waals surface area (Å²) in [7, 11) is 0. The molecule has 1 rings (SSSR count). The number of hydrogen-bond donors (Lipinski definition) is 0. The zero-order valence-electron chi connectivity index (χ0n) is 6.47. The molecule has 0 aliphatic rings. The number of nitriles is 1. The Morgan fingerprint density at radius 1 is 1.50 bits per heavy atom. The molecule has 3 nitrogen and oxygen atoms in total. The highest BCUT2D eigenvalue weighted by molar-refractivity contribution is 14.1. The first kappa shape index (κ1) is 11.0. The molecule has 0 saturated carbocycles. The summed E-state index contributed by atoms with van der Waals surface area (Å²) < 4.78 is 39.3. The molecule has 0 aromatic carbocycles. The van der Waals surface area contributed by atoms with Gasteiger partial charge < -0.3 is 4.74 Å². The van der Waals surface area contributed by atoms with Crippen molar-refractivity contribution in [3.05, 3.63) is 21.5 Å². The maximum absolute atomic E-state index is 11.8. The monoisotopic (exact) mass is 314 g/mol. The van der Waals surface area contributed by atoms with Crippen molar-refractivity contribution in [3.8, 4) is 11.8 Å². The second kappa shape index (κ2) is 4.00. The van der Waals surface area contributed by atoms with Gasteiger partial charge >= 0.3 is 6.36 Å². The van der Waals surface area contributed by atoms with Crippen molar-refractivity contribution in [1.29, 1.82) is 5.26 Å². The van der Waals surface area contributed by atoms with Crippen LogP contribution in [0.1, 0.15) is 5.56 Å². The molecule has 0 aliphatic heterocycles. The minimum absolute atomic E-state index is 0.173. The van der Waals surface area contributed by atoms with Crippen LogP contribution in [0.5, 0.6) is 5.75 Å².